The number of rotatable bonds is 1. The van der Waals surface area contributed by atoms with E-state index < -0.39 is 31.5 Å². The molecule has 2 aliphatic rings. The van der Waals surface area contributed by atoms with Crippen LogP contribution in [0.25, 0.3) is 11.2 Å². The first-order chi connectivity index (χ1) is 10.5. The van der Waals surface area contributed by atoms with Gasteiger partial charge in [0.25, 0.3) is 0 Å². The molecular weight excluding hydrogens is 337 g/mol. The van der Waals surface area contributed by atoms with E-state index >= 15 is 0 Å². The Kier molecular flexibility index (Phi) is 3.16. The molecule has 2 fully saturated rings. The molecule has 1 unspecified atom stereocenters. The van der Waals surface area contributed by atoms with Crippen molar-refractivity contribution in [2.45, 2.75) is 24.5 Å². The van der Waals surface area contributed by atoms with Gasteiger partial charge in [0.1, 0.15) is 30.2 Å². The van der Waals surface area contributed by atoms with Gasteiger partial charge in [-0.2, -0.15) is 0 Å². The van der Waals surface area contributed by atoms with Crippen molar-refractivity contribution < 1.29 is 23.5 Å². The van der Waals surface area contributed by atoms with Crippen LogP contribution in [0.1, 0.15) is 6.23 Å². The van der Waals surface area contributed by atoms with Crippen molar-refractivity contribution in [3.63, 3.8) is 0 Å². The number of fused-ring (bicyclic) bond motifs is 2. The highest BCUT2D eigenvalue weighted by molar-refractivity contribution is 7.81. The Morgan fingerprint density at radius 1 is 1.45 bits per heavy atom. The molecule has 3 N–H and O–H groups in total. The molecule has 0 radical (unpaired) electrons. The normalized spacial score (nSPS) is 38.3. The molecule has 2 saturated heterocycles. The molecule has 0 bridgehead atoms. The van der Waals surface area contributed by atoms with E-state index in [0.717, 1.165) is 0 Å². The number of hydrogen-bond acceptors (Lipinski definition) is 9. The third kappa shape index (κ3) is 2.11. The van der Waals surface area contributed by atoms with Crippen LogP contribution >= 0.6 is 18.2 Å². The van der Waals surface area contributed by atoms with Gasteiger partial charge in [-0.05, 0) is 0 Å². The Bertz CT molecular complexity index is 786. The first kappa shape index (κ1) is 14.3. The second-order valence-corrected chi connectivity index (χ2v) is 7.51. The number of nitrogens with two attached hydrogens (primary N) is 1. The summed E-state index contributed by atoms with van der Waals surface area (Å²) >= 11 is 5.58. The Morgan fingerprint density at radius 3 is 3.09 bits per heavy atom. The fourth-order valence-electron chi connectivity index (χ4n) is 2.61. The summed E-state index contributed by atoms with van der Waals surface area (Å²) in [6.45, 7) is -3.73. The van der Waals surface area contributed by atoms with Crippen molar-refractivity contribution in [1.82, 2.24) is 19.5 Å². The van der Waals surface area contributed by atoms with Gasteiger partial charge in [0, 0.05) is 11.2 Å². The van der Waals surface area contributed by atoms with Gasteiger partial charge in [-0.1, -0.05) is 0 Å². The van der Waals surface area contributed by atoms with Crippen LogP contribution in [0.4, 0.5) is 5.82 Å². The Hall–Kier alpha value is -1.29. The van der Waals surface area contributed by atoms with Crippen molar-refractivity contribution >= 4 is 35.2 Å². The first-order valence-corrected chi connectivity index (χ1v) is 8.80. The summed E-state index contributed by atoms with van der Waals surface area (Å²) in [5.74, 6) is 0.221. The van der Waals surface area contributed by atoms with Crippen LogP contribution in [0.15, 0.2) is 12.7 Å². The van der Waals surface area contributed by atoms with Gasteiger partial charge in [0.2, 0.25) is 0 Å². The van der Waals surface area contributed by atoms with Crippen LogP contribution in [-0.4, -0.2) is 49.5 Å². The molecule has 22 heavy (non-hydrogen) atoms. The number of aliphatic hydroxyl groups is 1. The number of nitrogens with zero attached hydrogens (tertiary/aromatic N) is 4. The maximum atomic E-state index is 11.7. The number of aromatic nitrogens is 4. The third-order valence-electron chi connectivity index (χ3n) is 3.61. The zero-order chi connectivity index (χ0) is 15.5. The van der Waals surface area contributed by atoms with Gasteiger partial charge < -0.3 is 15.6 Å². The van der Waals surface area contributed by atoms with Crippen molar-refractivity contribution in [3.8, 4) is 0 Å². The van der Waals surface area contributed by atoms with Crippen LogP contribution in [0.2, 0.25) is 0 Å². The number of hydrogen-bond donors (Lipinski definition) is 2. The number of nitrogen functional groups attached to an aromatic ring is 1. The van der Waals surface area contributed by atoms with E-state index in [9.17, 15) is 9.67 Å². The second kappa shape index (κ2) is 4.85. The van der Waals surface area contributed by atoms with E-state index in [4.69, 9.17) is 30.8 Å². The zero-order valence-corrected chi connectivity index (χ0v) is 12.6. The Labute approximate surface area is 128 Å². The van der Waals surface area contributed by atoms with Crippen molar-refractivity contribution in [2.75, 3.05) is 12.3 Å². The van der Waals surface area contributed by atoms with Crippen LogP contribution in [0.3, 0.4) is 0 Å². The number of imidazole rings is 1. The predicted octanol–water partition coefficient (Wildman–Crippen LogP) is 0.429. The first-order valence-electron chi connectivity index (χ1n) is 6.35. The summed E-state index contributed by atoms with van der Waals surface area (Å²) in [7, 11) is 0. The minimum Gasteiger partial charge on any atom is -0.386 e. The van der Waals surface area contributed by atoms with E-state index in [1.54, 1.807) is 0 Å². The molecule has 0 aromatic carbocycles. The maximum absolute atomic E-state index is 11.7. The van der Waals surface area contributed by atoms with Crippen molar-refractivity contribution in [1.29, 1.82) is 0 Å². The summed E-state index contributed by atoms with van der Waals surface area (Å²) in [5.41, 5.74) is 6.53. The minimum absolute atomic E-state index is 0.0389. The minimum atomic E-state index is -3.69. The summed E-state index contributed by atoms with van der Waals surface area (Å²) in [5, 5.41) is 10.4. The standard InChI is InChI=1S/C10H11ClN5O5P/c11-22(18)19-1-4-7(21-22)6(17)10(20-4)16-3-15-5-8(12)13-2-14-9(5)16/h2-4,6-7,10,17H,1H2,(H2,12,13,14)/t4-,6-,7-,10-,22?/m1/s1. The van der Waals surface area contributed by atoms with Crippen molar-refractivity contribution in [2.24, 2.45) is 0 Å². The highest BCUT2D eigenvalue weighted by Gasteiger charge is 2.52. The molecule has 0 aliphatic carbocycles. The zero-order valence-electron chi connectivity index (χ0n) is 10.9. The lowest BCUT2D eigenvalue weighted by Crippen LogP contribution is -2.38. The summed E-state index contributed by atoms with van der Waals surface area (Å²) in [4.78, 5) is 12.1. The molecule has 4 rings (SSSR count). The van der Waals surface area contributed by atoms with Crippen LogP contribution in [0.5, 0.6) is 0 Å². The molecule has 0 saturated carbocycles. The monoisotopic (exact) mass is 347 g/mol. The lowest BCUT2D eigenvalue weighted by atomic mass is 10.1. The molecule has 5 atom stereocenters. The molecular formula is C10H11ClN5O5P. The van der Waals surface area contributed by atoms with Crippen LogP contribution < -0.4 is 5.73 Å². The summed E-state index contributed by atoms with van der Waals surface area (Å²) < 4.78 is 28.9. The molecule has 0 amide bonds. The van der Waals surface area contributed by atoms with Gasteiger partial charge >= 0.3 is 6.95 Å². The van der Waals surface area contributed by atoms with E-state index in [-0.39, 0.29) is 12.4 Å². The lowest BCUT2D eigenvalue weighted by molar-refractivity contribution is -0.0564. The fourth-order valence-corrected chi connectivity index (χ4v) is 3.99. The molecule has 2 aromatic heterocycles. The summed E-state index contributed by atoms with van der Waals surface area (Å²) in [6, 6.07) is 0. The lowest BCUT2D eigenvalue weighted by Gasteiger charge is -2.27. The Morgan fingerprint density at radius 2 is 2.27 bits per heavy atom. The van der Waals surface area contributed by atoms with Gasteiger partial charge in [0.05, 0.1) is 12.9 Å². The number of ether oxygens (including phenoxy) is 1. The smallest absolute Gasteiger partial charge is 0.386 e. The predicted molar refractivity (Wildman–Crippen MR) is 73.9 cm³/mol. The number of aliphatic hydroxyl groups excluding tert-OH is 1. The van der Waals surface area contributed by atoms with E-state index in [0.29, 0.717) is 11.2 Å². The highest BCUT2D eigenvalue weighted by Crippen LogP contribution is 2.59. The largest absolute Gasteiger partial charge is 0.424 e. The average molecular weight is 348 g/mol. The van der Waals surface area contributed by atoms with Crippen molar-refractivity contribution in [3.05, 3.63) is 12.7 Å². The molecule has 12 heteroatoms. The summed E-state index contributed by atoms with van der Waals surface area (Å²) in [6.07, 6.45) is -0.697. The molecule has 0 spiro atoms. The van der Waals surface area contributed by atoms with Gasteiger partial charge in [-0.3, -0.25) is 13.6 Å². The quantitative estimate of drug-likeness (QED) is 0.704. The average Bonchev–Trinajstić information content (AvgIpc) is 3.01. The van der Waals surface area contributed by atoms with Gasteiger partial charge in [-0.15, -0.1) is 0 Å². The second-order valence-electron chi connectivity index (χ2n) is 4.94. The van der Waals surface area contributed by atoms with Gasteiger partial charge in [-0.25, -0.2) is 19.5 Å². The topological polar surface area (TPSA) is 135 Å². The molecule has 4 heterocycles. The van der Waals surface area contributed by atoms with Gasteiger partial charge in [0.15, 0.2) is 17.7 Å². The fraction of sp³-hybridized carbons (Fsp3) is 0.500. The Balaban J connectivity index is 1.71. The highest BCUT2D eigenvalue weighted by atomic mass is 35.7. The third-order valence-corrected chi connectivity index (χ3v) is 5.10. The molecule has 2 aromatic rings. The number of anilines is 1. The van der Waals surface area contributed by atoms with E-state index in [2.05, 4.69) is 15.0 Å². The molecule has 118 valence electrons. The number of halogens is 1. The van der Waals surface area contributed by atoms with Crippen LogP contribution in [-0.2, 0) is 18.3 Å². The SMILES string of the molecule is Nc1ncnc2c1ncn2[C@@H]1O[C@@H]2COP(=O)(Cl)O[C@H]2[C@H]1O. The molecule has 2 aliphatic heterocycles. The van der Waals surface area contributed by atoms with Crippen LogP contribution in [0, 0.1) is 0 Å². The molecule has 10 nitrogen and oxygen atoms in total. The maximum Gasteiger partial charge on any atom is 0.424 e. The van der Waals surface area contributed by atoms with E-state index in [1.807, 2.05) is 0 Å². The van der Waals surface area contributed by atoms with E-state index in [1.165, 1.54) is 17.2 Å².